The van der Waals surface area contributed by atoms with Crippen LogP contribution < -0.4 is 5.32 Å². The first kappa shape index (κ1) is 11.6. The number of hydrogen-bond acceptors (Lipinski definition) is 3. The second-order valence-electron chi connectivity index (χ2n) is 4.77. The molecule has 90 valence electrons. The smallest absolute Gasteiger partial charge is 0.0555 e. The van der Waals surface area contributed by atoms with E-state index >= 15 is 0 Å². The number of nitrogens with one attached hydrogen (secondary N) is 1. The Labute approximate surface area is 97.6 Å². The zero-order valence-electron chi connectivity index (χ0n) is 10.5. The Balaban J connectivity index is 2.22. The molecule has 2 rings (SSSR count). The number of piperidine rings is 1. The molecule has 4 nitrogen and oxygen atoms in total. The van der Waals surface area contributed by atoms with E-state index in [9.17, 15) is 0 Å². The van der Waals surface area contributed by atoms with E-state index in [-0.39, 0.29) is 0 Å². The van der Waals surface area contributed by atoms with Gasteiger partial charge in [-0.05, 0) is 52.0 Å². The summed E-state index contributed by atoms with van der Waals surface area (Å²) >= 11 is 0. The van der Waals surface area contributed by atoms with Crippen LogP contribution >= 0.6 is 0 Å². The lowest BCUT2D eigenvalue weighted by Gasteiger charge is -2.39. The third-order valence-corrected chi connectivity index (χ3v) is 3.64. The molecular weight excluding hydrogens is 200 g/mol. The lowest BCUT2D eigenvalue weighted by Crippen LogP contribution is -2.40. The van der Waals surface area contributed by atoms with Crippen molar-refractivity contribution in [3.8, 4) is 0 Å². The Kier molecular flexibility index (Phi) is 3.61. The molecule has 1 N–H and O–H groups in total. The molecule has 1 fully saturated rings. The van der Waals surface area contributed by atoms with E-state index < -0.39 is 0 Å². The standard InChI is InChI=1S/C12H22N4/c1-13-9-10-5-4-8-15(2)12(10)11-6-7-14-16(11)3/h6-7,10,12-13H,4-5,8-9H2,1-3H3/t10-,12-/m1/s1. The molecule has 1 aliphatic heterocycles. The van der Waals surface area contributed by atoms with E-state index in [2.05, 4.69) is 28.4 Å². The lowest BCUT2D eigenvalue weighted by atomic mass is 9.87. The third-order valence-electron chi connectivity index (χ3n) is 3.64. The maximum Gasteiger partial charge on any atom is 0.0555 e. The van der Waals surface area contributed by atoms with E-state index in [1.165, 1.54) is 25.1 Å². The Morgan fingerprint density at radius 3 is 2.94 bits per heavy atom. The average Bonchev–Trinajstić information content (AvgIpc) is 2.65. The molecule has 1 aromatic rings. The van der Waals surface area contributed by atoms with E-state index in [4.69, 9.17) is 0 Å². The molecule has 0 aromatic carbocycles. The van der Waals surface area contributed by atoms with Gasteiger partial charge in [0.1, 0.15) is 0 Å². The van der Waals surface area contributed by atoms with Crippen molar-refractivity contribution in [1.29, 1.82) is 0 Å². The van der Waals surface area contributed by atoms with Gasteiger partial charge in [0.15, 0.2) is 0 Å². The Bertz CT molecular complexity index is 332. The first-order chi connectivity index (χ1) is 7.74. The van der Waals surface area contributed by atoms with E-state index in [1.807, 2.05) is 25.0 Å². The van der Waals surface area contributed by atoms with Crippen LogP contribution in [0.1, 0.15) is 24.6 Å². The van der Waals surface area contributed by atoms with Gasteiger partial charge < -0.3 is 5.32 Å². The summed E-state index contributed by atoms with van der Waals surface area (Å²) in [4.78, 5) is 2.46. The number of aryl methyl sites for hydroxylation is 1. The van der Waals surface area contributed by atoms with Crippen LogP contribution in [0.3, 0.4) is 0 Å². The van der Waals surface area contributed by atoms with Crippen LogP contribution in [0, 0.1) is 5.92 Å². The van der Waals surface area contributed by atoms with Crippen molar-refractivity contribution >= 4 is 0 Å². The van der Waals surface area contributed by atoms with Gasteiger partial charge in [0.2, 0.25) is 0 Å². The number of nitrogens with zero attached hydrogens (tertiary/aromatic N) is 3. The molecule has 2 atom stereocenters. The van der Waals surface area contributed by atoms with Gasteiger partial charge in [0.25, 0.3) is 0 Å². The van der Waals surface area contributed by atoms with Crippen LogP contribution in [0.25, 0.3) is 0 Å². The Morgan fingerprint density at radius 1 is 1.50 bits per heavy atom. The summed E-state index contributed by atoms with van der Waals surface area (Å²) in [5, 5.41) is 7.60. The van der Waals surface area contributed by atoms with Gasteiger partial charge in [-0.1, -0.05) is 0 Å². The predicted molar refractivity (Wildman–Crippen MR) is 65.2 cm³/mol. The monoisotopic (exact) mass is 222 g/mol. The quantitative estimate of drug-likeness (QED) is 0.829. The zero-order valence-corrected chi connectivity index (χ0v) is 10.5. The lowest BCUT2D eigenvalue weighted by molar-refractivity contribution is 0.114. The predicted octanol–water partition coefficient (Wildman–Crippen LogP) is 1.02. The maximum atomic E-state index is 4.29. The fourth-order valence-corrected chi connectivity index (χ4v) is 2.88. The molecule has 4 heteroatoms. The van der Waals surface area contributed by atoms with Crippen LogP contribution in [0.5, 0.6) is 0 Å². The molecule has 1 aromatic heterocycles. The van der Waals surface area contributed by atoms with Crippen molar-refractivity contribution in [3.63, 3.8) is 0 Å². The zero-order chi connectivity index (χ0) is 11.5. The van der Waals surface area contributed by atoms with Crippen LogP contribution in [0.15, 0.2) is 12.3 Å². The summed E-state index contributed by atoms with van der Waals surface area (Å²) in [7, 11) is 6.29. The normalized spacial score (nSPS) is 27.2. The minimum atomic E-state index is 0.508. The number of hydrogen-bond donors (Lipinski definition) is 1. The highest BCUT2D eigenvalue weighted by molar-refractivity contribution is 5.10. The van der Waals surface area contributed by atoms with Gasteiger partial charge in [-0.2, -0.15) is 5.10 Å². The molecule has 0 radical (unpaired) electrons. The third kappa shape index (κ3) is 2.13. The summed E-state index contributed by atoms with van der Waals surface area (Å²) < 4.78 is 2.01. The number of likely N-dealkylation sites (tertiary alicyclic amines) is 1. The van der Waals surface area contributed by atoms with Gasteiger partial charge in [0.05, 0.1) is 11.7 Å². The van der Waals surface area contributed by atoms with Crippen molar-refractivity contribution in [2.45, 2.75) is 18.9 Å². The molecule has 1 aliphatic rings. The largest absolute Gasteiger partial charge is 0.319 e. The molecule has 16 heavy (non-hydrogen) atoms. The van der Waals surface area contributed by atoms with Gasteiger partial charge in [0, 0.05) is 13.2 Å². The highest BCUT2D eigenvalue weighted by Gasteiger charge is 2.31. The van der Waals surface area contributed by atoms with Crippen molar-refractivity contribution in [2.75, 3.05) is 27.2 Å². The number of rotatable bonds is 3. The molecule has 0 unspecified atom stereocenters. The summed E-state index contributed by atoms with van der Waals surface area (Å²) in [5.74, 6) is 0.694. The van der Waals surface area contributed by atoms with Crippen LogP contribution in [-0.4, -0.2) is 41.9 Å². The van der Waals surface area contributed by atoms with Crippen molar-refractivity contribution in [1.82, 2.24) is 20.0 Å². The van der Waals surface area contributed by atoms with Crippen molar-refractivity contribution in [3.05, 3.63) is 18.0 Å². The maximum absolute atomic E-state index is 4.29. The second kappa shape index (κ2) is 4.97. The van der Waals surface area contributed by atoms with Crippen LogP contribution in [0.2, 0.25) is 0 Å². The van der Waals surface area contributed by atoms with Gasteiger partial charge >= 0.3 is 0 Å². The molecule has 0 spiro atoms. The fourth-order valence-electron chi connectivity index (χ4n) is 2.88. The molecule has 1 saturated heterocycles. The molecular formula is C12H22N4. The first-order valence-electron chi connectivity index (χ1n) is 6.06. The summed E-state index contributed by atoms with van der Waals surface area (Å²) in [6.07, 6.45) is 4.51. The molecule has 0 aliphatic carbocycles. The second-order valence-corrected chi connectivity index (χ2v) is 4.77. The minimum Gasteiger partial charge on any atom is -0.319 e. The highest BCUT2D eigenvalue weighted by atomic mass is 15.3. The van der Waals surface area contributed by atoms with Crippen molar-refractivity contribution in [2.24, 2.45) is 13.0 Å². The van der Waals surface area contributed by atoms with E-state index in [1.54, 1.807) is 0 Å². The van der Waals surface area contributed by atoms with Crippen molar-refractivity contribution < 1.29 is 0 Å². The molecule has 0 bridgehead atoms. The minimum absolute atomic E-state index is 0.508. The number of aromatic nitrogens is 2. The SMILES string of the molecule is CNC[C@H]1CCCN(C)[C@H]1c1ccnn1C. The molecule has 0 saturated carbocycles. The highest BCUT2D eigenvalue weighted by Crippen LogP contribution is 2.34. The molecule has 2 heterocycles. The van der Waals surface area contributed by atoms with Crippen LogP contribution in [0.4, 0.5) is 0 Å². The van der Waals surface area contributed by atoms with Gasteiger partial charge in [-0.15, -0.1) is 0 Å². The topological polar surface area (TPSA) is 33.1 Å². The first-order valence-corrected chi connectivity index (χ1v) is 6.06. The van der Waals surface area contributed by atoms with Crippen LogP contribution in [-0.2, 0) is 7.05 Å². The van der Waals surface area contributed by atoms with E-state index in [0.717, 1.165) is 6.54 Å². The fraction of sp³-hybridized carbons (Fsp3) is 0.750. The summed E-state index contributed by atoms with van der Waals surface area (Å²) in [6, 6.07) is 2.66. The van der Waals surface area contributed by atoms with E-state index in [0.29, 0.717) is 12.0 Å². The summed E-state index contributed by atoms with van der Waals surface area (Å²) in [5.41, 5.74) is 1.34. The van der Waals surface area contributed by atoms with Gasteiger partial charge in [-0.3, -0.25) is 9.58 Å². The molecule has 0 amide bonds. The Morgan fingerprint density at radius 2 is 2.31 bits per heavy atom. The van der Waals surface area contributed by atoms with Gasteiger partial charge in [-0.25, -0.2) is 0 Å². The Hall–Kier alpha value is -0.870. The average molecular weight is 222 g/mol. The summed E-state index contributed by atoms with van der Waals surface area (Å²) in [6.45, 7) is 2.27.